The standard InChI is InChI=1S/C22H16F3NO2/c23-17-11-14(12-18(24)19(17)25)13-21(20(27)28)22(26-21,15-7-3-1-4-8-15)16-9-5-2-6-10-16/h1-12,26H,13H2,(H,27,28). The summed E-state index contributed by atoms with van der Waals surface area (Å²) in [6, 6.07) is 19.7. The van der Waals surface area contributed by atoms with Gasteiger partial charge in [0.15, 0.2) is 17.5 Å². The van der Waals surface area contributed by atoms with Gasteiger partial charge in [0.25, 0.3) is 0 Å². The van der Waals surface area contributed by atoms with Crippen LogP contribution in [0.2, 0.25) is 0 Å². The van der Waals surface area contributed by atoms with Crippen molar-refractivity contribution in [3.05, 3.63) is 107 Å². The average molecular weight is 383 g/mol. The summed E-state index contributed by atoms with van der Waals surface area (Å²) in [5, 5.41) is 13.2. The minimum atomic E-state index is -1.57. The second kappa shape index (κ2) is 6.49. The van der Waals surface area contributed by atoms with Crippen LogP contribution < -0.4 is 5.32 Å². The Labute approximate surface area is 159 Å². The van der Waals surface area contributed by atoms with Gasteiger partial charge in [0, 0.05) is 6.42 Å². The van der Waals surface area contributed by atoms with Gasteiger partial charge in [-0.15, -0.1) is 0 Å². The lowest BCUT2D eigenvalue weighted by molar-refractivity contribution is -0.140. The fourth-order valence-electron chi connectivity index (χ4n) is 3.95. The highest BCUT2D eigenvalue weighted by Crippen LogP contribution is 2.54. The van der Waals surface area contributed by atoms with E-state index in [1.807, 2.05) is 12.1 Å². The first-order valence-corrected chi connectivity index (χ1v) is 8.68. The molecule has 0 bridgehead atoms. The molecular weight excluding hydrogens is 367 g/mol. The maximum absolute atomic E-state index is 13.7. The number of carboxylic acid groups (broad SMARTS) is 1. The molecule has 1 atom stereocenters. The summed E-state index contributed by atoms with van der Waals surface area (Å²) in [4.78, 5) is 12.4. The number of aliphatic carboxylic acids is 1. The summed E-state index contributed by atoms with van der Waals surface area (Å²) in [7, 11) is 0. The molecule has 0 aromatic heterocycles. The van der Waals surface area contributed by atoms with Gasteiger partial charge in [0.05, 0.1) is 5.54 Å². The molecule has 3 aromatic carbocycles. The normalized spacial score (nSPS) is 20.0. The molecular formula is C22H16F3NO2. The van der Waals surface area contributed by atoms with Crippen molar-refractivity contribution in [3.63, 3.8) is 0 Å². The number of benzene rings is 3. The molecule has 0 spiro atoms. The quantitative estimate of drug-likeness (QED) is 0.517. The molecule has 3 nitrogen and oxygen atoms in total. The number of nitrogens with one attached hydrogen (secondary N) is 1. The van der Waals surface area contributed by atoms with E-state index < -0.39 is 34.5 Å². The Morgan fingerprint density at radius 2 is 1.32 bits per heavy atom. The van der Waals surface area contributed by atoms with Crippen LogP contribution in [0.5, 0.6) is 0 Å². The van der Waals surface area contributed by atoms with Crippen LogP contribution in [-0.2, 0) is 16.8 Å². The molecule has 1 aliphatic heterocycles. The highest BCUT2D eigenvalue weighted by molar-refractivity contribution is 5.89. The van der Waals surface area contributed by atoms with Gasteiger partial charge in [0.1, 0.15) is 5.54 Å². The van der Waals surface area contributed by atoms with Crippen LogP contribution in [0, 0.1) is 17.5 Å². The molecule has 1 fully saturated rings. The van der Waals surface area contributed by atoms with Crippen LogP contribution in [-0.4, -0.2) is 16.6 Å². The van der Waals surface area contributed by atoms with Crippen molar-refractivity contribution >= 4 is 5.97 Å². The zero-order chi connectivity index (χ0) is 19.9. The van der Waals surface area contributed by atoms with E-state index in [1.165, 1.54) is 0 Å². The van der Waals surface area contributed by atoms with Crippen molar-refractivity contribution in [2.24, 2.45) is 0 Å². The maximum atomic E-state index is 13.7. The zero-order valence-electron chi connectivity index (χ0n) is 14.6. The molecule has 1 aliphatic rings. The van der Waals surface area contributed by atoms with Gasteiger partial charge in [0.2, 0.25) is 0 Å². The van der Waals surface area contributed by atoms with Gasteiger partial charge in [-0.3, -0.25) is 10.1 Å². The molecule has 6 heteroatoms. The maximum Gasteiger partial charge on any atom is 0.326 e. The molecule has 1 saturated heterocycles. The highest BCUT2D eigenvalue weighted by atomic mass is 19.2. The molecule has 142 valence electrons. The molecule has 0 saturated carbocycles. The SMILES string of the molecule is O=C(O)C1(Cc2cc(F)c(F)c(F)c2)NC1(c1ccccc1)c1ccccc1. The van der Waals surface area contributed by atoms with Gasteiger partial charge < -0.3 is 5.11 Å². The first-order chi connectivity index (χ1) is 13.4. The Morgan fingerprint density at radius 1 is 0.857 bits per heavy atom. The van der Waals surface area contributed by atoms with Crippen LogP contribution >= 0.6 is 0 Å². The Bertz CT molecular complexity index is 978. The van der Waals surface area contributed by atoms with E-state index in [0.29, 0.717) is 11.1 Å². The van der Waals surface area contributed by atoms with Crippen molar-refractivity contribution in [1.82, 2.24) is 5.32 Å². The molecule has 0 radical (unpaired) electrons. The van der Waals surface area contributed by atoms with Crippen molar-refractivity contribution in [3.8, 4) is 0 Å². The van der Waals surface area contributed by atoms with Crippen LogP contribution in [0.4, 0.5) is 13.2 Å². The van der Waals surface area contributed by atoms with Crippen molar-refractivity contribution < 1.29 is 23.1 Å². The number of carboxylic acids is 1. The second-order valence-corrected chi connectivity index (χ2v) is 6.87. The summed E-state index contributed by atoms with van der Waals surface area (Å²) in [5.41, 5.74) is -1.13. The van der Waals surface area contributed by atoms with Gasteiger partial charge in [-0.2, -0.15) is 0 Å². The Hall–Kier alpha value is -3.12. The lowest BCUT2D eigenvalue weighted by Gasteiger charge is -2.22. The van der Waals surface area contributed by atoms with Crippen LogP contribution in [0.3, 0.4) is 0 Å². The largest absolute Gasteiger partial charge is 0.480 e. The summed E-state index contributed by atoms with van der Waals surface area (Å²) < 4.78 is 40.7. The number of carbonyl (C=O) groups is 1. The molecule has 0 aliphatic carbocycles. The molecule has 1 unspecified atom stereocenters. The lowest BCUT2D eigenvalue weighted by Crippen LogP contribution is -2.36. The van der Waals surface area contributed by atoms with Gasteiger partial charge in [-0.25, -0.2) is 13.2 Å². The summed E-state index contributed by atoms with van der Waals surface area (Å²) in [6.07, 6.45) is -0.222. The Balaban J connectivity index is 1.86. The summed E-state index contributed by atoms with van der Waals surface area (Å²) in [6.45, 7) is 0. The smallest absolute Gasteiger partial charge is 0.326 e. The third kappa shape index (κ3) is 2.60. The fourth-order valence-corrected chi connectivity index (χ4v) is 3.95. The first-order valence-electron chi connectivity index (χ1n) is 8.68. The number of rotatable bonds is 5. The molecule has 2 N–H and O–H groups in total. The average Bonchev–Trinajstić information content (AvgIpc) is 3.38. The number of hydrogen-bond acceptors (Lipinski definition) is 2. The lowest BCUT2D eigenvalue weighted by atomic mass is 9.77. The third-order valence-corrected chi connectivity index (χ3v) is 5.27. The Kier molecular flexibility index (Phi) is 4.23. The highest BCUT2D eigenvalue weighted by Gasteiger charge is 2.73. The van der Waals surface area contributed by atoms with E-state index in [-0.39, 0.29) is 12.0 Å². The number of hydrogen-bond donors (Lipinski definition) is 2. The van der Waals surface area contributed by atoms with Crippen LogP contribution in [0.25, 0.3) is 0 Å². The van der Waals surface area contributed by atoms with E-state index in [0.717, 1.165) is 12.1 Å². The van der Waals surface area contributed by atoms with Gasteiger partial charge >= 0.3 is 5.97 Å². The van der Waals surface area contributed by atoms with Crippen molar-refractivity contribution in [2.45, 2.75) is 17.5 Å². The van der Waals surface area contributed by atoms with Gasteiger partial charge in [-0.05, 0) is 28.8 Å². The summed E-state index contributed by atoms with van der Waals surface area (Å²) in [5.74, 6) is -5.43. The summed E-state index contributed by atoms with van der Waals surface area (Å²) >= 11 is 0. The zero-order valence-corrected chi connectivity index (χ0v) is 14.6. The topological polar surface area (TPSA) is 59.2 Å². The van der Waals surface area contributed by atoms with Crippen molar-refractivity contribution in [1.29, 1.82) is 0 Å². The van der Waals surface area contributed by atoms with E-state index >= 15 is 0 Å². The first kappa shape index (κ1) is 18.3. The monoisotopic (exact) mass is 383 g/mol. The predicted octanol–water partition coefficient (Wildman–Crippen LogP) is 4.02. The van der Waals surface area contributed by atoms with E-state index in [9.17, 15) is 23.1 Å². The second-order valence-electron chi connectivity index (χ2n) is 6.87. The Morgan fingerprint density at radius 3 is 1.75 bits per heavy atom. The minimum absolute atomic E-state index is 0.0556. The molecule has 28 heavy (non-hydrogen) atoms. The molecule has 0 amide bonds. The predicted molar refractivity (Wildman–Crippen MR) is 97.2 cm³/mol. The third-order valence-electron chi connectivity index (χ3n) is 5.27. The molecule has 1 heterocycles. The van der Waals surface area contributed by atoms with E-state index in [1.54, 1.807) is 48.5 Å². The van der Waals surface area contributed by atoms with Crippen LogP contribution in [0.1, 0.15) is 16.7 Å². The van der Waals surface area contributed by atoms with Gasteiger partial charge in [-0.1, -0.05) is 60.7 Å². The molecule has 4 rings (SSSR count). The van der Waals surface area contributed by atoms with Crippen LogP contribution in [0.15, 0.2) is 72.8 Å². The molecule has 3 aromatic rings. The van der Waals surface area contributed by atoms with E-state index in [4.69, 9.17) is 0 Å². The fraction of sp³-hybridized carbons (Fsp3) is 0.136. The van der Waals surface area contributed by atoms with E-state index in [2.05, 4.69) is 5.32 Å². The number of halogens is 3. The van der Waals surface area contributed by atoms with Crippen molar-refractivity contribution in [2.75, 3.05) is 0 Å². The minimum Gasteiger partial charge on any atom is -0.480 e.